The van der Waals surface area contributed by atoms with Gasteiger partial charge in [0, 0.05) is 18.3 Å². The summed E-state index contributed by atoms with van der Waals surface area (Å²) in [5.41, 5.74) is -0.0613. The number of alkyl carbamates (subject to hydrolysis) is 1. The van der Waals surface area contributed by atoms with Gasteiger partial charge in [-0.25, -0.2) is 4.79 Å². The Hall–Kier alpha value is -1.99. The summed E-state index contributed by atoms with van der Waals surface area (Å²) < 4.78 is 5.01. The average Bonchev–Trinajstić information content (AvgIpc) is 2.42. The number of aliphatic hydroxyl groups is 2. The predicted octanol–water partition coefficient (Wildman–Crippen LogP) is 0.813. The Balaban J connectivity index is 2.52. The number of aliphatic hydroxyl groups excluding tert-OH is 2. The lowest BCUT2D eigenvalue weighted by atomic mass is 10.1. The van der Waals surface area contributed by atoms with Gasteiger partial charge in [0.2, 0.25) is 0 Å². The molecule has 0 saturated carbocycles. The summed E-state index contributed by atoms with van der Waals surface area (Å²) in [5, 5.41) is 22.1. The van der Waals surface area contributed by atoms with Gasteiger partial charge in [0.25, 0.3) is 0 Å². The molecule has 3 N–H and O–H groups in total. The molecule has 0 fully saturated rings. The Morgan fingerprint density at radius 2 is 2.10 bits per heavy atom. The van der Waals surface area contributed by atoms with E-state index in [1.807, 2.05) is 0 Å². The van der Waals surface area contributed by atoms with E-state index in [0.29, 0.717) is 11.8 Å². The van der Waals surface area contributed by atoms with Crippen LogP contribution >= 0.6 is 0 Å². The van der Waals surface area contributed by atoms with Gasteiger partial charge in [0.15, 0.2) is 6.29 Å². The Morgan fingerprint density at radius 3 is 2.57 bits per heavy atom. The highest BCUT2D eigenvalue weighted by atomic mass is 16.6. The Labute approximate surface area is 123 Å². The van der Waals surface area contributed by atoms with Gasteiger partial charge in [0.05, 0.1) is 0 Å². The predicted molar refractivity (Wildman–Crippen MR) is 74.8 cm³/mol. The maximum absolute atomic E-state index is 11.4. The number of aromatic nitrogens is 1. The molecule has 116 valence electrons. The highest BCUT2D eigenvalue weighted by molar-refractivity contribution is 5.71. The molecular weight excluding hydrogens is 276 g/mol. The smallest absolute Gasteiger partial charge is 0.407 e. The summed E-state index contributed by atoms with van der Waals surface area (Å²) in [6.07, 6.45) is -1.25. The van der Waals surface area contributed by atoms with Crippen LogP contribution in [0.15, 0.2) is 18.3 Å². The van der Waals surface area contributed by atoms with Crippen molar-refractivity contribution in [3.8, 4) is 0 Å². The van der Waals surface area contributed by atoms with Crippen LogP contribution in [0.3, 0.4) is 0 Å². The molecule has 0 aliphatic heterocycles. The van der Waals surface area contributed by atoms with Crippen molar-refractivity contribution in [2.45, 2.75) is 38.6 Å². The third kappa shape index (κ3) is 5.88. The molecule has 0 bridgehead atoms. The van der Waals surface area contributed by atoms with Crippen LogP contribution in [0.25, 0.3) is 0 Å². The summed E-state index contributed by atoms with van der Waals surface area (Å²) in [6, 6.07) is 2.91. The fourth-order valence-electron chi connectivity index (χ4n) is 1.50. The van der Waals surface area contributed by atoms with Crippen molar-refractivity contribution in [2.24, 2.45) is 0 Å². The number of nitrogens with one attached hydrogen (secondary N) is 1. The number of rotatable bonds is 5. The van der Waals surface area contributed by atoms with Crippen LogP contribution in [-0.4, -0.2) is 45.8 Å². The lowest BCUT2D eigenvalue weighted by Crippen LogP contribution is -2.38. The van der Waals surface area contributed by atoms with E-state index in [4.69, 9.17) is 4.74 Å². The van der Waals surface area contributed by atoms with E-state index < -0.39 is 23.9 Å². The van der Waals surface area contributed by atoms with E-state index >= 15 is 0 Å². The number of amides is 1. The van der Waals surface area contributed by atoms with Gasteiger partial charge in [-0.05, 0) is 26.8 Å². The summed E-state index contributed by atoms with van der Waals surface area (Å²) in [7, 11) is 0. The molecule has 1 aromatic heterocycles. The molecule has 0 saturated heterocycles. The third-order valence-electron chi connectivity index (χ3n) is 2.49. The van der Waals surface area contributed by atoms with Gasteiger partial charge in [0.1, 0.15) is 23.5 Å². The number of carbonyl (C=O) groups excluding carboxylic acids is 2. The number of hydrogen-bond acceptors (Lipinski definition) is 6. The normalized spacial score (nSPS) is 14.1. The third-order valence-corrected chi connectivity index (χ3v) is 2.49. The number of hydrogen-bond donors (Lipinski definition) is 3. The lowest BCUT2D eigenvalue weighted by molar-refractivity contribution is 0.0128. The van der Waals surface area contributed by atoms with Crippen molar-refractivity contribution < 1.29 is 24.5 Å². The Kier molecular flexibility index (Phi) is 5.80. The number of carbonyl (C=O) groups is 2. The second-order valence-electron chi connectivity index (χ2n) is 5.53. The molecule has 1 aromatic rings. The molecule has 2 atom stereocenters. The number of nitrogens with zero attached hydrogens (tertiary/aromatic N) is 1. The van der Waals surface area contributed by atoms with E-state index in [1.165, 1.54) is 18.3 Å². The first kappa shape index (κ1) is 17.1. The minimum absolute atomic E-state index is 0.175. The molecule has 2 unspecified atom stereocenters. The topological polar surface area (TPSA) is 109 Å². The zero-order valence-electron chi connectivity index (χ0n) is 12.2. The van der Waals surface area contributed by atoms with E-state index in [1.54, 1.807) is 20.8 Å². The number of pyridine rings is 1. The molecule has 7 nitrogen and oxygen atoms in total. The summed E-state index contributed by atoms with van der Waals surface area (Å²) in [6.45, 7) is 4.99. The summed E-state index contributed by atoms with van der Waals surface area (Å²) >= 11 is 0. The standard InChI is InChI=1S/C14H20N2O5/c1-14(2,3)21-13(20)16-7-11(18)12(19)9-4-5-10(8-17)15-6-9/h4-6,8,11-12,18-19H,7H2,1-3H3,(H,16,20). The van der Waals surface area contributed by atoms with Crippen molar-refractivity contribution in [2.75, 3.05) is 6.54 Å². The van der Waals surface area contributed by atoms with Crippen LogP contribution in [0.4, 0.5) is 4.79 Å². The van der Waals surface area contributed by atoms with Crippen LogP contribution in [0.2, 0.25) is 0 Å². The van der Waals surface area contributed by atoms with Crippen molar-refractivity contribution >= 4 is 12.4 Å². The molecule has 0 radical (unpaired) electrons. The fraction of sp³-hybridized carbons (Fsp3) is 0.500. The van der Waals surface area contributed by atoms with Crippen LogP contribution < -0.4 is 5.32 Å². The van der Waals surface area contributed by atoms with E-state index in [9.17, 15) is 19.8 Å². The molecule has 1 amide bonds. The van der Waals surface area contributed by atoms with Crippen LogP contribution in [0.5, 0.6) is 0 Å². The van der Waals surface area contributed by atoms with Crippen LogP contribution in [0.1, 0.15) is 42.9 Å². The Bertz CT molecular complexity index is 481. The first-order chi connectivity index (χ1) is 9.73. The molecule has 0 aliphatic rings. The van der Waals surface area contributed by atoms with Gasteiger partial charge in [-0.2, -0.15) is 0 Å². The zero-order valence-corrected chi connectivity index (χ0v) is 12.2. The molecule has 1 rings (SSSR count). The molecule has 0 aliphatic carbocycles. The first-order valence-electron chi connectivity index (χ1n) is 6.47. The average molecular weight is 296 g/mol. The van der Waals surface area contributed by atoms with Crippen molar-refractivity contribution in [1.29, 1.82) is 0 Å². The van der Waals surface area contributed by atoms with E-state index in [0.717, 1.165) is 0 Å². The lowest BCUT2D eigenvalue weighted by Gasteiger charge is -2.22. The first-order valence-corrected chi connectivity index (χ1v) is 6.47. The summed E-state index contributed by atoms with van der Waals surface area (Å²) in [5.74, 6) is 0. The van der Waals surface area contributed by atoms with Gasteiger partial charge < -0.3 is 20.3 Å². The molecule has 0 aromatic carbocycles. The van der Waals surface area contributed by atoms with Gasteiger partial charge in [-0.1, -0.05) is 6.07 Å². The van der Waals surface area contributed by atoms with E-state index in [2.05, 4.69) is 10.3 Å². The second-order valence-corrected chi connectivity index (χ2v) is 5.53. The Morgan fingerprint density at radius 1 is 1.43 bits per heavy atom. The molecule has 21 heavy (non-hydrogen) atoms. The van der Waals surface area contributed by atoms with Gasteiger partial charge in [-0.3, -0.25) is 9.78 Å². The maximum atomic E-state index is 11.4. The molecule has 0 spiro atoms. The van der Waals surface area contributed by atoms with Crippen molar-refractivity contribution in [3.63, 3.8) is 0 Å². The second kappa shape index (κ2) is 7.14. The maximum Gasteiger partial charge on any atom is 0.407 e. The summed E-state index contributed by atoms with van der Waals surface area (Å²) in [4.78, 5) is 25.7. The number of aldehydes is 1. The SMILES string of the molecule is CC(C)(C)OC(=O)NCC(O)C(O)c1ccc(C=O)nc1. The molecular formula is C14H20N2O5. The van der Waals surface area contributed by atoms with Gasteiger partial charge >= 0.3 is 6.09 Å². The monoisotopic (exact) mass is 296 g/mol. The van der Waals surface area contributed by atoms with Crippen LogP contribution in [-0.2, 0) is 4.74 Å². The van der Waals surface area contributed by atoms with Crippen molar-refractivity contribution in [1.82, 2.24) is 10.3 Å². The number of ether oxygens (including phenoxy) is 1. The molecule has 1 heterocycles. The van der Waals surface area contributed by atoms with Gasteiger partial charge in [-0.15, -0.1) is 0 Å². The molecule has 7 heteroatoms. The fourth-order valence-corrected chi connectivity index (χ4v) is 1.50. The highest BCUT2D eigenvalue weighted by Gasteiger charge is 2.21. The minimum Gasteiger partial charge on any atom is -0.444 e. The quantitative estimate of drug-likeness (QED) is 0.694. The van der Waals surface area contributed by atoms with E-state index in [-0.39, 0.29) is 12.2 Å². The highest BCUT2D eigenvalue weighted by Crippen LogP contribution is 2.15. The van der Waals surface area contributed by atoms with Crippen LogP contribution in [0, 0.1) is 0 Å². The zero-order chi connectivity index (χ0) is 16.0. The minimum atomic E-state index is -1.23. The largest absolute Gasteiger partial charge is 0.444 e. The van der Waals surface area contributed by atoms with Crippen molar-refractivity contribution in [3.05, 3.63) is 29.6 Å².